The molecule has 3 fully saturated rings. The molecule has 27 heavy (non-hydrogen) atoms. The number of rotatable bonds is 6. The molecule has 5 rings (SSSR count). The van der Waals surface area contributed by atoms with Gasteiger partial charge in [-0.3, -0.25) is 14.4 Å². The first kappa shape index (κ1) is 18.1. The minimum Gasteiger partial charge on any atom is -0.390 e. The molecule has 2 bridgehead atoms. The third-order valence-electron chi connectivity index (χ3n) is 5.74. The molecule has 1 aromatic carbocycles. The van der Waals surface area contributed by atoms with Crippen LogP contribution in [0.2, 0.25) is 0 Å². The molecule has 0 radical (unpaired) electrons. The van der Waals surface area contributed by atoms with E-state index in [1.165, 1.54) is 12.1 Å². The second kappa shape index (κ2) is 7.74. The molecule has 1 amide bonds. The van der Waals surface area contributed by atoms with Crippen LogP contribution >= 0.6 is 0 Å². The zero-order chi connectivity index (χ0) is 18.8. The van der Waals surface area contributed by atoms with Crippen LogP contribution in [-0.4, -0.2) is 50.0 Å². The zero-order valence-corrected chi connectivity index (χ0v) is 15.1. The molecule has 144 valence electrons. The zero-order valence-electron chi connectivity index (χ0n) is 15.1. The molecular weight excluding hydrogens is 349 g/mol. The highest BCUT2D eigenvalue weighted by Gasteiger charge is 2.43. The van der Waals surface area contributed by atoms with Crippen molar-refractivity contribution in [1.82, 2.24) is 25.2 Å². The number of hydrogen-bond donors (Lipinski definition) is 2. The topological polar surface area (TPSA) is 83.3 Å². The largest absolute Gasteiger partial charge is 0.390 e. The maximum Gasteiger partial charge on any atom is 0.224 e. The molecule has 4 heterocycles. The number of carbonyl (C=O) groups excluding carboxylic acids is 1. The summed E-state index contributed by atoms with van der Waals surface area (Å²) in [5.74, 6) is 0.177. The fourth-order valence-corrected chi connectivity index (χ4v) is 4.26. The van der Waals surface area contributed by atoms with Gasteiger partial charge in [0.15, 0.2) is 0 Å². The lowest BCUT2D eigenvalue weighted by Gasteiger charge is -2.49. The van der Waals surface area contributed by atoms with Gasteiger partial charge in [-0.15, -0.1) is 5.10 Å². The number of nitrogens with zero attached hydrogens (tertiary/aromatic N) is 4. The van der Waals surface area contributed by atoms with Crippen LogP contribution in [0.5, 0.6) is 0 Å². The number of aromatic nitrogens is 3. The Hall–Kier alpha value is -2.32. The molecule has 1 aromatic heterocycles. The Morgan fingerprint density at radius 3 is 2.81 bits per heavy atom. The van der Waals surface area contributed by atoms with Crippen LogP contribution in [0.25, 0.3) is 0 Å². The SMILES string of the molecule is O=C(NCc1ccc(F)cc1)[C@@H]1CN2CC[C@@H]1C[C@@H]2Cn1cc(CO)nn1. The van der Waals surface area contributed by atoms with Crippen LogP contribution in [0.3, 0.4) is 0 Å². The first-order valence-electron chi connectivity index (χ1n) is 9.38. The lowest BCUT2D eigenvalue weighted by Crippen LogP contribution is -2.58. The Balaban J connectivity index is 1.32. The predicted molar refractivity (Wildman–Crippen MR) is 95.8 cm³/mol. The van der Waals surface area contributed by atoms with Gasteiger partial charge in [0.1, 0.15) is 11.5 Å². The molecule has 2 N–H and O–H groups in total. The second-order valence-electron chi connectivity index (χ2n) is 7.47. The molecule has 3 aliphatic heterocycles. The highest BCUT2D eigenvalue weighted by Crippen LogP contribution is 2.36. The Morgan fingerprint density at radius 2 is 2.15 bits per heavy atom. The molecule has 3 saturated heterocycles. The summed E-state index contributed by atoms with van der Waals surface area (Å²) < 4.78 is 14.8. The van der Waals surface area contributed by atoms with Crippen molar-refractivity contribution in [3.63, 3.8) is 0 Å². The third kappa shape index (κ3) is 4.01. The minimum absolute atomic E-state index is 0.000743. The van der Waals surface area contributed by atoms with E-state index in [1.807, 2.05) is 0 Å². The first-order chi connectivity index (χ1) is 13.1. The van der Waals surface area contributed by atoms with E-state index in [2.05, 4.69) is 20.5 Å². The van der Waals surface area contributed by atoms with E-state index in [-0.39, 0.29) is 24.2 Å². The first-order valence-corrected chi connectivity index (χ1v) is 9.38. The molecule has 0 aliphatic carbocycles. The van der Waals surface area contributed by atoms with E-state index in [9.17, 15) is 9.18 Å². The smallest absolute Gasteiger partial charge is 0.224 e. The van der Waals surface area contributed by atoms with E-state index in [1.54, 1.807) is 23.0 Å². The van der Waals surface area contributed by atoms with Gasteiger partial charge in [-0.05, 0) is 43.0 Å². The standard InChI is InChI=1S/C19H24FN5O2/c20-15-3-1-13(2-4-15)8-21-19(27)18-11-24-6-5-14(18)7-17(24)10-25-9-16(12-26)22-23-25/h1-4,9,14,17-18,26H,5-8,10-12H2,(H,21,27)/t14-,17-,18-/m1/s1. The number of hydrogen-bond acceptors (Lipinski definition) is 5. The highest BCUT2D eigenvalue weighted by molar-refractivity contribution is 5.79. The highest BCUT2D eigenvalue weighted by atomic mass is 19.1. The summed E-state index contributed by atoms with van der Waals surface area (Å²) >= 11 is 0. The molecule has 0 spiro atoms. The minimum atomic E-state index is -0.271. The lowest BCUT2D eigenvalue weighted by atomic mass is 9.75. The summed E-state index contributed by atoms with van der Waals surface area (Å²) in [5.41, 5.74) is 1.47. The van der Waals surface area contributed by atoms with Crippen LogP contribution in [0.1, 0.15) is 24.1 Å². The number of halogens is 1. The van der Waals surface area contributed by atoms with Gasteiger partial charge in [0, 0.05) is 19.1 Å². The number of aliphatic hydroxyl groups excluding tert-OH is 1. The van der Waals surface area contributed by atoms with Crippen LogP contribution < -0.4 is 5.32 Å². The van der Waals surface area contributed by atoms with Crippen molar-refractivity contribution in [3.8, 4) is 0 Å². The number of piperidine rings is 3. The number of aliphatic hydroxyl groups is 1. The Morgan fingerprint density at radius 1 is 1.33 bits per heavy atom. The predicted octanol–water partition coefficient (Wildman–Crippen LogP) is 0.936. The molecule has 4 atom stereocenters. The van der Waals surface area contributed by atoms with E-state index >= 15 is 0 Å². The molecular formula is C19H24FN5O2. The molecule has 3 aliphatic rings. The Kier molecular flexibility index (Phi) is 5.18. The Bertz CT molecular complexity index is 794. The van der Waals surface area contributed by atoms with Crippen LogP contribution in [0, 0.1) is 17.7 Å². The van der Waals surface area contributed by atoms with Crippen LogP contribution in [0.4, 0.5) is 4.39 Å². The van der Waals surface area contributed by atoms with Crippen LogP contribution in [0.15, 0.2) is 30.5 Å². The number of nitrogens with one attached hydrogen (secondary N) is 1. The summed E-state index contributed by atoms with van der Waals surface area (Å²) in [6.07, 6.45) is 3.77. The summed E-state index contributed by atoms with van der Waals surface area (Å²) in [7, 11) is 0. The van der Waals surface area contributed by atoms with Crippen LogP contribution in [-0.2, 0) is 24.5 Å². The van der Waals surface area contributed by atoms with Crippen molar-refractivity contribution >= 4 is 5.91 Å². The quantitative estimate of drug-likeness (QED) is 0.787. The van der Waals surface area contributed by atoms with Gasteiger partial charge in [-0.1, -0.05) is 17.3 Å². The van der Waals surface area contributed by atoms with E-state index < -0.39 is 0 Å². The average molecular weight is 373 g/mol. The average Bonchev–Trinajstić information content (AvgIpc) is 3.15. The monoisotopic (exact) mass is 373 g/mol. The maximum atomic E-state index is 13.0. The van der Waals surface area contributed by atoms with Gasteiger partial charge in [-0.2, -0.15) is 0 Å². The molecule has 8 heteroatoms. The number of amides is 1. The second-order valence-corrected chi connectivity index (χ2v) is 7.47. The third-order valence-corrected chi connectivity index (χ3v) is 5.74. The summed E-state index contributed by atoms with van der Waals surface area (Å²) in [4.78, 5) is 15.0. The normalized spacial score (nSPS) is 26.9. The fourth-order valence-electron chi connectivity index (χ4n) is 4.26. The number of benzene rings is 1. The van der Waals surface area contributed by atoms with Crippen molar-refractivity contribution in [2.45, 2.75) is 38.6 Å². The van der Waals surface area contributed by atoms with Crippen molar-refractivity contribution < 1.29 is 14.3 Å². The van der Waals surface area contributed by atoms with Crippen molar-refractivity contribution in [1.29, 1.82) is 0 Å². The van der Waals surface area contributed by atoms with Gasteiger partial charge in [0.25, 0.3) is 0 Å². The van der Waals surface area contributed by atoms with Gasteiger partial charge >= 0.3 is 0 Å². The summed E-state index contributed by atoms with van der Waals surface area (Å²) in [5, 5.41) is 20.1. The number of fused-ring (bicyclic) bond motifs is 3. The maximum absolute atomic E-state index is 13.0. The van der Waals surface area contributed by atoms with Crippen molar-refractivity contribution in [2.75, 3.05) is 13.1 Å². The van der Waals surface area contributed by atoms with Crippen molar-refractivity contribution in [3.05, 3.63) is 47.5 Å². The van der Waals surface area contributed by atoms with Gasteiger partial charge in [-0.25, -0.2) is 4.39 Å². The van der Waals surface area contributed by atoms with E-state index in [4.69, 9.17) is 5.11 Å². The number of carbonyl (C=O) groups is 1. The Labute approximate surface area is 157 Å². The molecule has 0 saturated carbocycles. The molecule has 1 unspecified atom stereocenters. The van der Waals surface area contributed by atoms with E-state index in [0.29, 0.717) is 24.2 Å². The summed E-state index contributed by atoms with van der Waals surface area (Å²) in [6.45, 7) is 2.81. The fraction of sp³-hybridized carbons (Fsp3) is 0.526. The van der Waals surface area contributed by atoms with Gasteiger partial charge in [0.05, 0.1) is 25.3 Å². The lowest BCUT2D eigenvalue weighted by molar-refractivity contribution is -0.133. The molecule has 2 aromatic rings. The summed E-state index contributed by atoms with van der Waals surface area (Å²) in [6, 6.07) is 6.56. The van der Waals surface area contributed by atoms with E-state index in [0.717, 1.165) is 38.0 Å². The van der Waals surface area contributed by atoms with Crippen molar-refractivity contribution in [2.24, 2.45) is 11.8 Å². The van der Waals surface area contributed by atoms with Gasteiger partial charge < -0.3 is 10.4 Å². The van der Waals surface area contributed by atoms with Gasteiger partial charge in [0.2, 0.25) is 5.91 Å². The molecule has 7 nitrogen and oxygen atoms in total.